The number of benzene rings is 1. The lowest BCUT2D eigenvalue weighted by Crippen LogP contribution is -2.24. The van der Waals surface area contributed by atoms with Crippen molar-refractivity contribution in [2.24, 2.45) is 0 Å². The van der Waals surface area contributed by atoms with Gasteiger partial charge in [0.1, 0.15) is 0 Å². The van der Waals surface area contributed by atoms with E-state index in [0.717, 1.165) is 5.56 Å². The number of alkyl halides is 2. The first-order chi connectivity index (χ1) is 8.13. The van der Waals surface area contributed by atoms with Crippen molar-refractivity contribution in [1.82, 2.24) is 10.6 Å². The average molecular weight is 242 g/mol. The maximum absolute atomic E-state index is 12.3. The fourth-order valence-corrected chi connectivity index (χ4v) is 1.34. The van der Waals surface area contributed by atoms with Crippen molar-refractivity contribution in [2.45, 2.75) is 19.4 Å². The van der Waals surface area contributed by atoms with E-state index in [4.69, 9.17) is 0 Å². The molecule has 0 bridgehead atoms. The molecule has 1 amide bonds. The van der Waals surface area contributed by atoms with Gasteiger partial charge in [0.2, 0.25) is 5.91 Å². The first-order valence-electron chi connectivity index (χ1n) is 5.41. The standard InChI is InChI=1S/C12H16F2N2O/c1-15-11(17)6-7-16-8-9-2-4-10(5-3-9)12(13)14/h2-5,12,16H,6-8H2,1H3,(H,15,17). The molecule has 1 rings (SSSR count). The Kier molecular flexibility index (Phi) is 5.56. The second-order valence-corrected chi connectivity index (χ2v) is 3.64. The summed E-state index contributed by atoms with van der Waals surface area (Å²) in [7, 11) is 1.59. The van der Waals surface area contributed by atoms with Crippen molar-refractivity contribution in [2.75, 3.05) is 13.6 Å². The third-order valence-corrected chi connectivity index (χ3v) is 2.37. The summed E-state index contributed by atoms with van der Waals surface area (Å²) < 4.78 is 24.5. The van der Waals surface area contributed by atoms with Crippen LogP contribution < -0.4 is 10.6 Å². The predicted molar refractivity (Wildman–Crippen MR) is 61.8 cm³/mol. The van der Waals surface area contributed by atoms with Crippen LogP contribution in [0.1, 0.15) is 24.0 Å². The molecule has 0 aliphatic heterocycles. The Bertz CT molecular complexity index is 352. The maximum atomic E-state index is 12.3. The molecule has 3 nitrogen and oxygen atoms in total. The van der Waals surface area contributed by atoms with Gasteiger partial charge in [0.25, 0.3) is 6.43 Å². The summed E-state index contributed by atoms with van der Waals surface area (Å²) in [6, 6.07) is 6.16. The van der Waals surface area contributed by atoms with Crippen LogP contribution in [-0.2, 0) is 11.3 Å². The molecule has 94 valence electrons. The third-order valence-electron chi connectivity index (χ3n) is 2.37. The topological polar surface area (TPSA) is 41.1 Å². The summed E-state index contributed by atoms with van der Waals surface area (Å²) in [5, 5.41) is 5.59. The molecule has 0 heterocycles. The van der Waals surface area contributed by atoms with Crippen molar-refractivity contribution in [3.8, 4) is 0 Å². The molecule has 0 aliphatic rings. The Hall–Kier alpha value is -1.49. The van der Waals surface area contributed by atoms with E-state index in [1.54, 1.807) is 19.2 Å². The van der Waals surface area contributed by atoms with Crippen molar-refractivity contribution in [3.63, 3.8) is 0 Å². The number of hydrogen-bond acceptors (Lipinski definition) is 2. The van der Waals surface area contributed by atoms with Gasteiger partial charge in [0.05, 0.1) is 0 Å². The normalized spacial score (nSPS) is 10.6. The van der Waals surface area contributed by atoms with E-state index in [0.29, 0.717) is 19.5 Å². The summed E-state index contributed by atoms with van der Waals surface area (Å²) in [5.74, 6) is -0.0226. The zero-order valence-electron chi connectivity index (χ0n) is 9.67. The van der Waals surface area contributed by atoms with Crippen LogP contribution in [0, 0.1) is 0 Å². The lowest BCUT2D eigenvalue weighted by Gasteiger charge is -2.05. The van der Waals surface area contributed by atoms with Crippen LogP contribution in [0.15, 0.2) is 24.3 Å². The van der Waals surface area contributed by atoms with Crippen LogP contribution in [0.25, 0.3) is 0 Å². The first-order valence-corrected chi connectivity index (χ1v) is 5.41. The molecule has 1 aromatic carbocycles. The van der Waals surface area contributed by atoms with E-state index >= 15 is 0 Å². The number of amides is 1. The molecule has 0 atom stereocenters. The van der Waals surface area contributed by atoms with E-state index in [1.165, 1.54) is 12.1 Å². The van der Waals surface area contributed by atoms with Gasteiger partial charge in [0, 0.05) is 32.1 Å². The van der Waals surface area contributed by atoms with E-state index in [-0.39, 0.29) is 11.5 Å². The quantitative estimate of drug-likeness (QED) is 0.747. The predicted octanol–water partition coefficient (Wildman–Crippen LogP) is 1.85. The molecule has 1 aromatic rings. The molecule has 0 fully saturated rings. The van der Waals surface area contributed by atoms with Crippen LogP contribution in [-0.4, -0.2) is 19.5 Å². The number of nitrogens with one attached hydrogen (secondary N) is 2. The smallest absolute Gasteiger partial charge is 0.263 e. The van der Waals surface area contributed by atoms with Gasteiger partial charge >= 0.3 is 0 Å². The number of carbonyl (C=O) groups is 1. The van der Waals surface area contributed by atoms with Crippen LogP contribution in [0.2, 0.25) is 0 Å². The Balaban J connectivity index is 2.30. The summed E-state index contributed by atoms with van der Waals surface area (Å²) in [6.45, 7) is 1.14. The van der Waals surface area contributed by atoms with Gasteiger partial charge in [-0.2, -0.15) is 0 Å². The Labute approximate surface area is 99.2 Å². The number of hydrogen-bond donors (Lipinski definition) is 2. The zero-order chi connectivity index (χ0) is 12.7. The van der Waals surface area contributed by atoms with Crippen molar-refractivity contribution in [3.05, 3.63) is 35.4 Å². The Morgan fingerprint density at radius 2 is 1.94 bits per heavy atom. The van der Waals surface area contributed by atoms with Crippen LogP contribution in [0.3, 0.4) is 0 Å². The summed E-state index contributed by atoms with van der Waals surface area (Å²) >= 11 is 0. The van der Waals surface area contributed by atoms with Gasteiger partial charge in [-0.25, -0.2) is 8.78 Å². The molecular weight excluding hydrogens is 226 g/mol. The number of rotatable bonds is 6. The highest BCUT2D eigenvalue weighted by atomic mass is 19.3. The largest absolute Gasteiger partial charge is 0.359 e. The average Bonchev–Trinajstić information content (AvgIpc) is 2.34. The molecule has 0 saturated heterocycles. The molecule has 0 radical (unpaired) electrons. The van der Waals surface area contributed by atoms with Crippen molar-refractivity contribution >= 4 is 5.91 Å². The first kappa shape index (κ1) is 13.6. The highest BCUT2D eigenvalue weighted by Crippen LogP contribution is 2.18. The molecule has 0 saturated carbocycles. The van der Waals surface area contributed by atoms with Gasteiger partial charge < -0.3 is 10.6 Å². The minimum Gasteiger partial charge on any atom is -0.359 e. The summed E-state index contributed by atoms with van der Waals surface area (Å²) in [4.78, 5) is 10.9. The molecule has 0 spiro atoms. The summed E-state index contributed by atoms with van der Waals surface area (Å²) in [5.41, 5.74) is 0.949. The fourth-order valence-electron chi connectivity index (χ4n) is 1.34. The second-order valence-electron chi connectivity index (χ2n) is 3.64. The highest BCUT2D eigenvalue weighted by molar-refractivity contribution is 5.75. The molecule has 0 aromatic heterocycles. The van der Waals surface area contributed by atoms with Gasteiger partial charge in [-0.3, -0.25) is 4.79 Å². The lowest BCUT2D eigenvalue weighted by atomic mass is 10.1. The van der Waals surface area contributed by atoms with E-state index in [9.17, 15) is 13.6 Å². The maximum Gasteiger partial charge on any atom is 0.263 e. The van der Waals surface area contributed by atoms with E-state index < -0.39 is 6.43 Å². The molecule has 5 heteroatoms. The van der Waals surface area contributed by atoms with Gasteiger partial charge in [0.15, 0.2) is 0 Å². The highest BCUT2D eigenvalue weighted by Gasteiger charge is 2.05. The number of carbonyl (C=O) groups excluding carboxylic acids is 1. The second kappa shape index (κ2) is 6.96. The molecular formula is C12H16F2N2O. The Morgan fingerprint density at radius 1 is 1.29 bits per heavy atom. The van der Waals surface area contributed by atoms with Crippen LogP contribution in [0.5, 0.6) is 0 Å². The van der Waals surface area contributed by atoms with Crippen LogP contribution >= 0.6 is 0 Å². The fraction of sp³-hybridized carbons (Fsp3) is 0.417. The van der Waals surface area contributed by atoms with Crippen molar-refractivity contribution in [1.29, 1.82) is 0 Å². The lowest BCUT2D eigenvalue weighted by molar-refractivity contribution is -0.120. The molecule has 17 heavy (non-hydrogen) atoms. The van der Waals surface area contributed by atoms with Gasteiger partial charge in [-0.1, -0.05) is 24.3 Å². The summed E-state index contributed by atoms with van der Waals surface area (Å²) in [6.07, 6.45) is -2.02. The minimum atomic E-state index is -2.43. The van der Waals surface area contributed by atoms with Crippen LogP contribution in [0.4, 0.5) is 8.78 Å². The van der Waals surface area contributed by atoms with Gasteiger partial charge in [-0.15, -0.1) is 0 Å². The molecule has 0 unspecified atom stereocenters. The molecule has 2 N–H and O–H groups in total. The number of halogens is 2. The zero-order valence-corrected chi connectivity index (χ0v) is 9.67. The third kappa shape index (κ3) is 4.91. The van der Waals surface area contributed by atoms with E-state index in [2.05, 4.69) is 10.6 Å². The monoisotopic (exact) mass is 242 g/mol. The van der Waals surface area contributed by atoms with E-state index in [1.807, 2.05) is 0 Å². The van der Waals surface area contributed by atoms with Gasteiger partial charge in [-0.05, 0) is 5.56 Å². The molecule has 0 aliphatic carbocycles. The van der Waals surface area contributed by atoms with Crippen molar-refractivity contribution < 1.29 is 13.6 Å². The minimum absolute atomic E-state index is 0.0226. The Morgan fingerprint density at radius 3 is 2.47 bits per heavy atom. The SMILES string of the molecule is CNC(=O)CCNCc1ccc(C(F)F)cc1.